The van der Waals surface area contributed by atoms with Crippen LogP contribution in [0.2, 0.25) is 0 Å². The third kappa shape index (κ3) is 2.77. The summed E-state index contributed by atoms with van der Waals surface area (Å²) in [5, 5.41) is 10.5. The van der Waals surface area contributed by atoms with Gasteiger partial charge in [0.2, 0.25) is 0 Å². The Morgan fingerprint density at radius 2 is 1.58 bits per heavy atom. The highest BCUT2D eigenvalue weighted by molar-refractivity contribution is 9.11. The van der Waals surface area contributed by atoms with Crippen molar-refractivity contribution in [1.82, 2.24) is 0 Å². The minimum Gasteiger partial charge on any atom is -0.384 e. The molecule has 1 N–H and O–H groups in total. The number of aliphatic hydroxyl groups is 1. The maximum atomic E-state index is 10.5. The third-order valence-corrected chi connectivity index (χ3v) is 4.18. The van der Waals surface area contributed by atoms with Crippen LogP contribution in [0.3, 0.4) is 0 Å². The molecular formula is C15H12Br2O2. The van der Waals surface area contributed by atoms with Gasteiger partial charge in [-0.15, -0.1) is 0 Å². The average molecular weight is 384 g/mol. The average Bonchev–Trinajstić information content (AvgIpc) is 2.83. The van der Waals surface area contributed by atoms with Crippen LogP contribution in [0.4, 0.5) is 0 Å². The smallest absolute Gasteiger partial charge is 0.104 e. The lowest BCUT2D eigenvalue weighted by Crippen LogP contribution is -2.01. The summed E-state index contributed by atoms with van der Waals surface area (Å²) in [7, 11) is 0. The Hall–Kier alpha value is -0.680. The zero-order valence-corrected chi connectivity index (χ0v) is 13.2. The number of hydrogen-bond acceptors (Lipinski definition) is 2. The fraction of sp³-hybridized carbons (Fsp3) is 0.200. The van der Waals surface area contributed by atoms with E-state index in [0.717, 1.165) is 20.1 Å². The molecule has 1 unspecified atom stereocenters. The Bertz CT molecular complexity index is 605. The van der Waals surface area contributed by atoms with Crippen LogP contribution in [0.1, 0.15) is 28.4 Å². The quantitative estimate of drug-likeness (QED) is 0.836. The van der Waals surface area contributed by atoms with E-state index in [1.54, 1.807) is 0 Å². The van der Waals surface area contributed by atoms with Gasteiger partial charge < -0.3 is 9.84 Å². The van der Waals surface area contributed by atoms with Crippen molar-refractivity contribution in [2.24, 2.45) is 0 Å². The zero-order chi connectivity index (χ0) is 13.4. The van der Waals surface area contributed by atoms with Crippen LogP contribution in [0.25, 0.3) is 0 Å². The number of aliphatic hydroxyl groups excluding tert-OH is 1. The molecule has 0 saturated heterocycles. The first-order chi connectivity index (χ1) is 9.13. The molecule has 2 aromatic rings. The molecule has 2 nitrogen and oxygen atoms in total. The highest BCUT2D eigenvalue weighted by Gasteiger charge is 2.16. The second-order valence-electron chi connectivity index (χ2n) is 4.63. The van der Waals surface area contributed by atoms with E-state index in [1.807, 2.05) is 36.4 Å². The van der Waals surface area contributed by atoms with Crippen LogP contribution < -0.4 is 0 Å². The summed E-state index contributed by atoms with van der Waals surface area (Å²) in [4.78, 5) is 0. The molecule has 1 heterocycles. The maximum absolute atomic E-state index is 10.5. The fourth-order valence-corrected chi connectivity index (χ4v) is 3.62. The van der Waals surface area contributed by atoms with Gasteiger partial charge in [-0.3, -0.25) is 0 Å². The molecular weight excluding hydrogens is 372 g/mol. The van der Waals surface area contributed by atoms with Gasteiger partial charge in [0.05, 0.1) is 13.2 Å². The predicted octanol–water partition coefficient (Wildman–Crippen LogP) is 4.32. The van der Waals surface area contributed by atoms with Gasteiger partial charge in [-0.05, 0) is 40.5 Å². The molecule has 1 atom stereocenters. The number of rotatable bonds is 2. The largest absolute Gasteiger partial charge is 0.384 e. The van der Waals surface area contributed by atoms with Crippen molar-refractivity contribution >= 4 is 31.9 Å². The Balaban J connectivity index is 1.97. The lowest BCUT2D eigenvalue weighted by molar-refractivity contribution is 0.134. The zero-order valence-electron chi connectivity index (χ0n) is 10.1. The van der Waals surface area contributed by atoms with Crippen LogP contribution in [0, 0.1) is 0 Å². The van der Waals surface area contributed by atoms with E-state index in [1.165, 1.54) is 11.1 Å². The number of fused-ring (bicyclic) bond motifs is 1. The summed E-state index contributed by atoms with van der Waals surface area (Å²) in [6, 6.07) is 11.8. The first kappa shape index (κ1) is 13.3. The molecule has 19 heavy (non-hydrogen) atoms. The standard InChI is InChI=1S/C15H12Br2O2/c16-13-4-11(5-14(17)6-13)15(18)9-1-2-10-7-19-8-12(10)3-9/h1-6,15,18H,7-8H2. The van der Waals surface area contributed by atoms with Crippen molar-refractivity contribution in [3.05, 3.63) is 67.6 Å². The molecule has 2 aromatic carbocycles. The minimum absolute atomic E-state index is 0.625. The van der Waals surface area contributed by atoms with Gasteiger partial charge >= 0.3 is 0 Å². The number of ether oxygens (including phenoxy) is 1. The molecule has 98 valence electrons. The molecule has 0 saturated carbocycles. The van der Waals surface area contributed by atoms with Gasteiger partial charge in [0.1, 0.15) is 6.10 Å². The van der Waals surface area contributed by atoms with E-state index in [-0.39, 0.29) is 0 Å². The van der Waals surface area contributed by atoms with Gasteiger partial charge in [0.25, 0.3) is 0 Å². The highest BCUT2D eigenvalue weighted by atomic mass is 79.9. The van der Waals surface area contributed by atoms with E-state index in [0.29, 0.717) is 13.2 Å². The van der Waals surface area contributed by atoms with E-state index in [4.69, 9.17) is 4.74 Å². The van der Waals surface area contributed by atoms with Gasteiger partial charge in [-0.2, -0.15) is 0 Å². The molecule has 0 aliphatic carbocycles. The number of benzene rings is 2. The minimum atomic E-state index is -0.625. The second kappa shape index (κ2) is 5.37. The third-order valence-electron chi connectivity index (χ3n) is 3.26. The SMILES string of the molecule is OC(c1cc(Br)cc(Br)c1)c1ccc2c(c1)COC2. The monoisotopic (exact) mass is 382 g/mol. The van der Waals surface area contributed by atoms with Crippen molar-refractivity contribution in [2.45, 2.75) is 19.3 Å². The van der Waals surface area contributed by atoms with Gasteiger partial charge in [-0.25, -0.2) is 0 Å². The lowest BCUT2D eigenvalue weighted by Gasteiger charge is -2.13. The summed E-state index contributed by atoms with van der Waals surface area (Å²) in [6.07, 6.45) is -0.625. The summed E-state index contributed by atoms with van der Waals surface area (Å²) in [6.45, 7) is 1.31. The van der Waals surface area contributed by atoms with Crippen LogP contribution in [0.5, 0.6) is 0 Å². The predicted molar refractivity (Wildman–Crippen MR) is 80.8 cm³/mol. The van der Waals surface area contributed by atoms with Crippen LogP contribution >= 0.6 is 31.9 Å². The molecule has 4 heteroatoms. The maximum Gasteiger partial charge on any atom is 0.104 e. The summed E-state index contributed by atoms with van der Waals surface area (Å²) in [5.41, 5.74) is 4.14. The molecule has 1 aliphatic rings. The number of hydrogen-bond donors (Lipinski definition) is 1. The Labute approximate surface area is 128 Å². The van der Waals surface area contributed by atoms with E-state index in [9.17, 15) is 5.11 Å². The Morgan fingerprint density at radius 3 is 2.32 bits per heavy atom. The van der Waals surface area contributed by atoms with Crippen LogP contribution in [-0.4, -0.2) is 5.11 Å². The first-order valence-electron chi connectivity index (χ1n) is 5.97. The van der Waals surface area contributed by atoms with E-state index < -0.39 is 6.10 Å². The molecule has 0 aromatic heterocycles. The van der Waals surface area contributed by atoms with Crippen molar-refractivity contribution in [2.75, 3.05) is 0 Å². The lowest BCUT2D eigenvalue weighted by atomic mass is 9.98. The molecule has 0 spiro atoms. The fourth-order valence-electron chi connectivity index (χ4n) is 2.29. The van der Waals surface area contributed by atoms with Gasteiger partial charge in [0, 0.05) is 8.95 Å². The van der Waals surface area contributed by atoms with Crippen molar-refractivity contribution in [3.63, 3.8) is 0 Å². The molecule has 0 radical (unpaired) electrons. The highest BCUT2D eigenvalue weighted by Crippen LogP contribution is 2.30. The summed E-state index contributed by atoms with van der Waals surface area (Å²) >= 11 is 6.88. The van der Waals surface area contributed by atoms with Gasteiger partial charge in [0.15, 0.2) is 0 Å². The van der Waals surface area contributed by atoms with Crippen molar-refractivity contribution in [3.8, 4) is 0 Å². The molecule has 1 aliphatic heterocycles. The van der Waals surface area contributed by atoms with E-state index in [2.05, 4.69) is 31.9 Å². The second-order valence-corrected chi connectivity index (χ2v) is 6.46. The normalized spacial score (nSPS) is 15.3. The summed E-state index contributed by atoms with van der Waals surface area (Å²) < 4.78 is 7.29. The molecule has 0 fully saturated rings. The Morgan fingerprint density at radius 1 is 0.895 bits per heavy atom. The van der Waals surface area contributed by atoms with Crippen LogP contribution in [0.15, 0.2) is 45.3 Å². The Kier molecular flexibility index (Phi) is 3.76. The summed E-state index contributed by atoms with van der Waals surface area (Å²) in [5.74, 6) is 0. The molecule has 0 bridgehead atoms. The topological polar surface area (TPSA) is 29.5 Å². The first-order valence-corrected chi connectivity index (χ1v) is 7.55. The van der Waals surface area contributed by atoms with Crippen molar-refractivity contribution in [1.29, 1.82) is 0 Å². The molecule has 3 rings (SSSR count). The number of halogens is 2. The van der Waals surface area contributed by atoms with Crippen molar-refractivity contribution < 1.29 is 9.84 Å². The van der Waals surface area contributed by atoms with Gasteiger partial charge in [-0.1, -0.05) is 50.1 Å². The molecule has 0 amide bonds. The van der Waals surface area contributed by atoms with Crippen LogP contribution in [-0.2, 0) is 18.0 Å². The van der Waals surface area contributed by atoms with E-state index >= 15 is 0 Å².